The molecule has 0 aromatic heterocycles. The van der Waals surface area contributed by atoms with E-state index < -0.39 is 32.5 Å². The minimum atomic E-state index is -3.95. The number of halogens is 1. The van der Waals surface area contributed by atoms with Gasteiger partial charge in [0, 0.05) is 5.02 Å². The minimum Gasteiger partial charge on any atom is -0.480 e. The van der Waals surface area contributed by atoms with Gasteiger partial charge in [-0.1, -0.05) is 24.4 Å². The number of benzene rings is 1. The summed E-state index contributed by atoms with van der Waals surface area (Å²) in [4.78, 5) is 23.5. The zero-order valence-electron chi connectivity index (χ0n) is 12.6. The van der Waals surface area contributed by atoms with Crippen LogP contribution in [0, 0.1) is 0 Å². The highest BCUT2D eigenvalue weighted by Gasteiger charge is 2.53. The van der Waals surface area contributed by atoms with Crippen molar-refractivity contribution in [3.05, 3.63) is 29.3 Å². The molecule has 1 aliphatic rings. The average molecular weight is 360 g/mol. The first-order valence-corrected chi connectivity index (χ1v) is 9.11. The number of carboxylic acid groups (broad SMARTS) is 1. The Kier molecular flexibility index (Phi) is 5.01. The molecule has 0 heterocycles. The molecule has 1 atom stereocenters. The summed E-state index contributed by atoms with van der Waals surface area (Å²) in [5.74, 6) is -1.96. The highest BCUT2D eigenvalue weighted by Crippen LogP contribution is 2.41. The van der Waals surface area contributed by atoms with E-state index in [-0.39, 0.29) is 17.7 Å². The molecule has 1 fully saturated rings. The van der Waals surface area contributed by atoms with Gasteiger partial charge < -0.3 is 10.4 Å². The van der Waals surface area contributed by atoms with E-state index in [0.29, 0.717) is 17.9 Å². The number of hydrogen-bond acceptors (Lipinski definition) is 4. The molecule has 0 unspecified atom stereocenters. The van der Waals surface area contributed by atoms with Crippen molar-refractivity contribution in [3.8, 4) is 0 Å². The number of nitrogens with one attached hydrogen (secondary N) is 1. The van der Waals surface area contributed by atoms with Crippen LogP contribution in [-0.4, -0.2) is 36.2 Å². The molecule has 2 rings (SSSR count). The Labute approximate surface area is 139 Å². The largest absolute Gasteiger partial charge is 0.480 e. The Balaban J connectivity index is 2.42. The molecule has 126 valence electrons. The number of hydrogen-bond donors (Lipinski definition) is 2. The molecule has 1 aromatic rings. The van der Waals surface area contributed by atoms with Gasteiger partial charge in [0.15, 0.2) is 14.6 Å². The predicted molar refractivity (Wildman–Crippen MR) is 85.1 cm³/mol. The fourth-order valence-electron chi connectivity index (χ4n) is 2.79. The third kappa shape index (κ3) is 3.21. The van der Waals surface area contributed by atoms with E-state index in [0.717, 1.165) is 0 Å². The maximum Gasteiger partial charge on any atom is 0.325 e. The fourth-order valence-corrected chi connectivity index (χ4v) is 4.99. The molecule has 6 nitrogen and oxygen atoms in total. The van der Waals surface area contributed by atoms with E-state index in [1.165, 1.54) is 31.2 Å². The summed E-state index contributed by atoms with van der Waals surface area (Å²) in [5.41, 5.74) is 0. The first-order chi connectivity index (χ1) is 10.7. The predicted octanol–water partition coefficient (Wildman–Crippen LogP) is 2.02. The van der Waals surface area contributed by atoms with Crippen molar-refractivity contribution >= 4 is 33.3 Å². The maximum atomic E-state index is 13.0. The van der Waals surface area contributed by atoms with Crippen LogP contribution in [-0.2, 0) is 19.4 Å². The highest BCUT2D eigenvalue weighted by molar-refractivity contribution is 7.93. The van der Waals surface area contributed by atoms with Gasteiger partial charge in [-0.2, -0.15) is 0 Å². The molecule has 23 heavy (non-hydrogen) atoms. The molecule has 2 N–H and O–H groups in total. The monoisotopic (exact) mass is 359 g/mol. The summed E-state index contributed by atoms with van der Waals surface area (Å²) >= 11 is 5.78. The fraction of sp³-hybridized carbons (Fsp3) is 0.467. The van der Waals surface area contributed by atoms with Gasteiger partial charge in [0.2, 0.25) is 5.91 Å². The molecule has 8 heteroatoms. The summed E-state index contributed by atoms with van der Waals surface area (Å²) in [5, 5.41) is 11.6. The number of aliphatic carboxylic acids is 1. The van der Waals surface area contributed by atoms with Gasteiger partial charge >= 0.3 is 5.97 Å². The van der Waals surface area contributed by atoms with Gasteiger partial charge in [-0.25, -0.2) is 8.42 Å². The number of amides is 1. The topological polar surface area (TPSA) is 101 Å². The SMILES string of the molecule is C[C@H](NC(=O)C1(S(=O)(=O)c2ccc(Cl)cc2)CCCC1)C(=O)O. The smallest absolute Gasteiger partial charge is 0.325 e. The quantitative estimate of drug-likeness (QED) is 0.837. The zero-order valence-corrected chi connectivity index (χ0v) is 14.2. The number of carbonyl (C=O) groups is 2. The molecular weight excluding hydrogens is 342 g/mol. The molecule has 0 saturated heterocycles. The van der Waals surface area contributed by atoms with Crippen LogP contribution in [0.2, 0.25) is 5.02 Å². The summed E-state index contributed by atoms with van der Waals surface area (Å²) in [6.45, 7) is 1.30. The lowest BCUT2D eigenvalue weighted by atomic mass is 10.1. The second-order valence-electron chi connectivity index (χ2n) is 5.69. The summed E-state index contributed by atoms with van der Waals surface area (Å²) in [7, 11) is -3.95. The van der Waals surface area contributed by atoms with Crippen LogP contribution < -0.4 is 5.32 Å². The first kappa shape index (κ1) is 17.7. The lowest BCUT2D eigenvalue weighted by Gasteiger charge is -2.28. The van der Waals surface area contributed by atoms with Gasteiger partial charge in [0.25, 0.3) is 0 Å². The third-order valence-corrected chi connectivity index (χ3v) is 6.95. The van der Waals surface area contributed by atoms with E-state index >= 15 is 0 Å². The summed E-state index contributed by atoms with van der Waals surface area (Å²) in [6, 6.07) is 4.49. The van der Waals surface area contributed by atoms with E-state index in [1.54, 1.807) is 0 Å². The Morgan fingerprint density at radius 3 is 2.22 bits per heavy atom. The van der Waals surface area contributed by atoms with Gasteiger partial charge in [0.05, 0.1) is 4.90 Å². The lowest BCUT2D eigenvalue weighted by molar-refractivity contribution is -0.141. The van der Waals surface area contributed by atoms with Crippen LogP contribution >= 0.6 is 11.6 Å². The molecular formula is C15H18ClNO5S. The van der Waals surface area contributed by atoms with E-state index in [1.807, 2.05) is 0 Å². The van der Waals surface area contributed by atoms with Crippen molar-refractivity contribution in [2.24, 2.45) is 0 Å². The molecule has 0 bridgehead atoms. The average Bonchev–Trinajstić information content (AvgIpc) is 2.98. The van der Waals surface area contributed by atoms with E-state index in [2.05, 4.69) is 5.32 Å². The molecule has 1 aromatic carbocycles. The normalized spacial score (nSPS) is 18.3. The summed E-state index contributed by atoms with van der Waals surface area (Å²) in [6.07, 6.45) is 1.55. The van der Waals surface area contributed by atoms with E-state index in [4.69, 9.17) is 16.7 Å². The second-order valence-corrected chi connectivity index (χ2v) is 8.39. The standard InChI is InChI=1S/C15H18ClNO5S/c1-10(13(18)19)17-14(20)15(8-2-3-9-15)23(21,22)12-6-4-11(16)5-7-12/h4-7,10H,2-3,8-9H2,1H3,(H,17,20)(H,18,19)/t10-/m0/s1. The minimum absolute atomic E-state index is 0.0157. The van der Waals surface area contributed by atoms with Crippen LogP contribution in [0.25, 0.3) is 0 Å². The third-order valence-electron chi connectivity index (χ3n) is 4.18. The second kappa shape index (κ2) is 6.49. The van der Waals surface area contributed by atoms with Crippen LogP contribution in [0.15, 0.2) is 29.2 Å². The van der Waals surface area contributed by atoms with Gasteiger partial charge in [-0.3, -0.25) is 9.59 Å². The Bertz CT molecular complexity index is 708. The van der Waals surface area contributed by atoms with Crippen LogP contribution in [0.4, 0.5) is 0 Å². The first-order valence-electron chi connectivity index (χ1n) is 7.25. The van der Waals surface area contributed by atoms with Crippen LogP contribution in [0.5, 0.6) is 0 Å². The van der Waals surface area contributed by atoms with Crippen LogP contribution in [0.3, 0.4) is 0 Å². The number of carbonyl (C=O) groups excluding carboxylic acids is 1. The summed E-state index contributed by atoms with van der Waals surface area (Å²) < 4.78 is 24.4. The maximum absolute atomic E-state index is 13.0. The molecule has 0 radical (unpaired) electrons. The lowest BCUT2D eigenvalue weighted by Crippen LogP contribution is -2.54. The van der Waals surface area contributed by atoms with Crippen LogP contribution in [0.1, 0.15) is 32.6 Å². The Morgan fingerprint density at radius 1 is 1.22 bits per heavy atom. The molecule has 1 aliphatic carbocycles. The van der Waals surface area contributed by atoms with Crippen molar-refractivity contribution in [3.63, 3.8) is 0 Å². The zero-order chi connectivity index (χ0) is 17.3. The molecule has 0 spiro atoms. The number of sulfone groups is 1. The molecule has 1 amide bonds. The molecule has 1 saturated carbocycles. The molecule has 0 aliphatic heterocycles. The Morgan fingerprint density at radius 2 is 1.74 bits per heavy atom. The van der Waals surface area contributed by atoms with Gasteiger partial charge in [0.1, 0.15) is 6.04 Å². The van der Waals surface area contributed by atoms with Crippen molar-refractivity contribution in [1.29, 1.82) is 0 Å². The van der Waals surface area contributed by atoms with E-state index in [9.17, 15) is 18.0 Å². The number of carboxylic acids is 1. The highest BCUT2D eigenvalue weighted by atomic mass is 35.5. The van der Waals surface area contributed by atoms with Crippen molar-refractivity contribution in [2.45, 2.75) is 48.3 Å². The number of rotatable bonds is 5. The van der Waals surface area contributed by atoms with Crippen molar-refractivity contribution in [1.82, 2.24) is 5.32 Å². The van der Waals surface area contributed by atoms with Gasteiger partial charge in [-0.05, 0) is 44.0 Å². The van der Waals surface area contributed by atoms with Gasteiger partial charge in [-0.15, -0.1) is 0 Å². The van der Waals surface area contributed by atoms with Crippen molar-refractivity contribution < 1.29 is 23.1 Å². The van der Waals surface area contributed by atoms with Crippen molar-refractivity contribution in [2.75, 3.05) is 0 Å². The Hall–Kier alpha value is -1.60.